The third-order valence-corrected chi connectivity index (χ3v) is 3.72. The zero-order valence-electron chi connectivity index (χ0n) is 11.4. The SMILES string of the molecule is C#CC(CCC)NC(CN)c1cc(OC)ccc1Br. The summed E-state index contributed by atoms with van der Waals surface area (Å²) in [5.74, 6) is 3.58. The molecule has 1 aromatic carbocycles. The van der Waals surface area contributed by atoms with Crippen LogP contribution < -0.4 is 15.8 Å². The average Bonchev–Trinajstić information content (AvgIpc) is 2.44. The van der Waals surface area contributed by atoms with E-state index in [4.69, 9.17) is 16.9 Å². The molecule has 2 unspecified atom stereocenters. The fourth-order valence-electron chi connectivity index (χ4n) is 1.95. The van der Waals surface area contributed by atoms with E-state index < -0.39 is 0 Å². The first-order valence-electron chi connectivity index (χ1n) is 6.41. The Bertz CT molecular complexity index is 442. The molecule has 19 heavy (non-hydrogen) atoms. The summed E-state index contributed by atoms with van der Waals surface area (Å²) in [6.07, 6.45) is 7.52. The van der Waals surface area contributed by atoms with Crippen LogP contribution in [0.3, 0.4) is 0 Å². The van der Waals surface area contributed by atoms with Crippen LogP contribution in [-0.4, -0.2) is 19.7 Å². The van der Waals surface area contributed by atoms with E-state index in [0.717, 1.165) is 28.6 Å². The first kappa shape index (κ1) is 16.0. The molecule has 0 heterocycles. The molecule has 0 aromatic heterocycles. The Kier molecular flexibility index (Phi) is 6.93. The molecule has 1 rings (SSSR count). The molecular weight excluding hydrogens is 304 g/mol. The molecule has 4 heteroatoms. The third kappa shape index (κ3) is 4.54. The number of methoxy groups -OCH3 is 1. The van der Waals surface area contributed by atoms with Gasteiger partial charge in [0.05, 0.1) is 13.2 Å². The van der Waals surface area contributed by atoms with E-state index in [2.05, 4.69) is 34.1 Å². The molecule has 0 bridgehead atoms. The van der Waals surface area contributed by atoms with Gasteiger partial charge >= 0.3 is 0 Å². The van der Waals surface area contributed by atoms with Crippen LogP contribution >= 0.6 is 15.9 Å². The van der Waals surface area contributed by atoms with Gasteiger partial charge in [-0.25, -0.2) is 0 Å². The Morgan fingerprint density at radius 1 is 1.53 bits per heavy atom. The summed E-state index contributed by atoms with van der Waals surface area (Å²) in [7, 11) is 1.65. The predicted octanol–water partition coefficient (Wildman–Crippen LogP) is 2.85. The summed E-state index contributed by atoms with van der Waals surface area (Å²) >= 11 is 3.55. The van der Waals surface area contributed by atoms with Crippen LogP contribution in [0.15, 0.2) is 22.7 Å². The van der Waals surface area contributed by atoms with E-state index in [1.807, 2.05) is 18.2 Å². The van der Waals surface area contributed by atoms with Gasteiger partial charge < -0.3 is 10.5 Å². The molecule has 0 aliphatic carbocycles. The first-order chi connectivity index (χ1) is 9.15. The number of terminal acetylenes is 1. The summed E-state index contributed by atoms with van der Waals surface area (Å²) in [4.78, 5) is 0. The highest BCUT2D eigenvalue weighted by Crippen LogP contribution is 2.27. The van der Waals surface area contributed by atoms with Gasteiger partial charge in [-0.3, -0.25) is 5.32 Å². The molecule has 3 nitrogen and oxygen atoms in total. The fourth-order valence-corrected chi connectivity index (χ4v) is 2.47. The number of benzene rings is 1. The zero-order valence-corrected chi connectivity index (χ0v) is 13.0. The maximum Gasteiger partial charge on any atom is 0.119 e. The van der Waals surface area contributed by atoms with Crippen LogP contribution in [0.5, 0.6) is 5.75 Å². The minimum Gasteiger partial charge on any atom is -0.497 e. The third-order valence-electron chi connectivity index (χ3n) is 3.00. The van der Waals surface area contributed by atoms with E-state index in [0.29, 0.717) is 6.54 Å². The highest BCUT2D eigenvalue weighted by atomic mass is 79.9. The monoisotopic (exact) mass is 324 g/mol. The van der Waals surface area contributed by atoms with E-state index in [1.165, 1.54) is 0 Å². The van der Waals surface area contributed by atoms with Gasteiger partial charge in [0.15, 0.2) is 0 Å². The fraction of sp³-hybridized carbons (Fsp3) is 0.467. The van der Waals surface area contributed by atoms with Crippen molar-refractivity contribution in [1.82, 2.24) is 5.32 Å². The summed E-state index contributed by atoms with van der Waals surface area (Å²) in [5, 5.41) is 3.42. The molecule has 3 N–H and O–H groups in total. The van der Waals surface area contributed by atoms with Crippen molar-refractivity contribution in [3.63, 3.8) is 0 Å². The van der Waals surface area contributed by atoms with Crippen LogP contribution in [0.4, 0.5) is 0 Å². The Morgan fingerprint density at radius 3 is 2.79 bits per heavy atom. The largest absolute Gasteiger partial charge is 0.497 e. The second-order valence-corrected chi connectivity index (χ2v) is 5.20. The standard InChI is InChI=1S/C15H21BrN2O/c1-4-6-11(5-2)18-15(10-17)13-9-12(19-3)7-8-14(13)16/h2,7-9,11,15,18H,4,6,10,17H2,1,3H3. The molecule has 0 saturated heterocycles. The predicted molar refractivity (Wildman–Crippen MR) is 83.2 cm³/mol. The van der Waals surface area contributed by atoms with Crippen LogP contribution in [0.25, 0.3) is 0 Å². The minimum absolute atomic E-state index is 0.0112. The van der Waals surface area contributed by atoms with Crippen molar-refractivity contribution in [2.75, 3.05) is 13.7 Å². The van der Waals surface area contributed by atoms with Gasteiger partial charge in [0.2, 0.25) is 0 Å². The lowest BCUT2D eigenvalue weighted by atomic mass is 10.0. The Morgan fingerprint density at radius 2 is 2.26 bits per heavy atom. The molecule has 0 saturated carbocycles. The maximum absolute atomic E-state index is 5.87. The number of ether oxygens (including phenoxy) is 1. The summed E-state index contributed by atoms with van der Waals surface area (Å²) in [6, 6.07) is 5.90. The summed E-state index contributed by atoms with van der Waals surface area (Å²) in [5.41, 5.74) is 6.94. The van der Waals surface area contributed by atoms with Crippen molar-refractivity contribution in [2.24, 2.45) is 5.73 Å². The van der Waals surface area contributed by atoms with E-state index in [1.54, 1.807) is 7.11 Å². The molecule has 2 atom stereocenters. The maximum atomic E-state index is 5.87. The Hall–Kier alpha value is -1.02. The molecular formula is C15H21BrN2O. The number of nitrogens with one attached hydrogen (secondary N) is 1. The lowest BCUT2D eigenvalue weighted by Crippen LogP contribution is -2.36. The van der Waals surface area contributed by atoms with Crippen molar-refractivity contribution in [3.8, 4) is 18.1 Å². The quantitative estimate of drug-likeness (QED) is 0.758. The van der Waals surface area contributed by atoms with Crippen LogP contribution in [0, 0.1) is 12.3 Å². The van der Waals surface area contributed by atoms with Crippen molar-refractivity contribution in [3.05, 3.63) is 28.2 Å². The van der Waals surface area contributed by atoms with Gasteiger partial charge in [-0.05, 0) is 30.2 Å². The molecule has 0 spiro atoms. The highest BCUT2D eigenvalue weighted by Gasteiger charge is 2.17. The molecule has 0 amide bonds. The average molecular weight is 325 g/mol. The molecule has 0 aliphatic heterocycles. The number of rotatable bonds is 7. The van der Waals surface area contributed by atoms with E-state index >= 15 is 0 Å². The second-order valence-electron chi connectivity index (χ2n) is 4.35. The minimum atomic E-state index is 0.0112. The molecule has 104 valence electrons. The van der Waals surface area contributed by atoms with Gasteiger partial charge in [-0.15, -0.1) is 6.42 Å². The number of hydrogen-bond acceptors (Lipinski definition) is 3. The van der Waals surface area contributed by atoms with Gasteiger partial charge in [-0.2, -0.15) is 0 Å². The molecule has 0 fully saturated rings. The van der Waals surface area contributed by atoms with E-state index in [-0.39, 0.29) is 12.1 Å². The highest BCUT2D eigenvalue weighted by molar-refractivity contribution is 9.10. The molecule has 1 aromatic rings. The molecule has 0 radical (unpaired) electrons. The van der Waals surface area contributed by atoms with Crippen LogP contribution in [0.1, 0.15) is 31.4 Å². The number of halogens is 1. The number of hydrogen-bond donors (Lipinski definition) is 2. The van der Waals surface area contributed by atoms with Crippen molar-refractivity contribution < 1.29 is 4.74 Å². The van der Waals surface area contributed by atoms with Gasteiger partial charge in [0.1, 0.15) is 5.75 Å². The van der Waals surface area contributed by atoms with E-state index in [9.17, 15) is 0 Å². The number of nitrogens with two attached hydrogens (primary N) is 1. The van der Waals surface area contributed by atoms with Crippen LogP contribution in [0.2, 0.25) is 0 Å². The lowest BCUT2D eigenvalue weighted by Gasteiger charge is -2.23. The van der Waals surface area contributed by atoms with Gasteiger partial charge in [0, 0.05) is 17.1 Å². The normalized spacial score (nSPS) is 13.6. The Labute approximate surface area is 124 Å². The second kappa shape index (κ2) is 8.21. The topological polar surface area (TPSA) is 47.3 Å². The summed E-state index contributed by atoms with van der Waals surface area (Å²) in [6.45, 7) is 2.60. The Balaban J connectivity index is 2.93. The first-order valence-corrected chi connectivity index (χ1v) is 7.21. The summed E-state index contributed by atoms with van der Waals surface area (Å²) < 4.78 is 6.26. The van der Waals surface area contributed by atoms with Crippen molar-refractivity contribution >= 4 is 15.9 Å². The van der Waals surface area contributed by atoms with Crippen LogP contribution in [-0.2, 0) is 0 Å². The smallest absolute Gasteiger partial charge is 0.119 e. The van der Waals surface area contributed by atoms with Crippen molar-refractivity contribution in [1.29, 1.82) is 0 Å². The van der Waals surface area contributed by atoms with Crippen molar-refractivity contribution in [2.45, 2.75) is 31.8 Å². The van der Waals surface area contributed by atoms with Gasteiger partial charge in [0.25, 0.3) is 0 Å². The zero-order chi connectivity index (χ0) is 14.3. The van der Waals surface area contributed by atoms with Gasteiger partial charge in [-0.1, -0.05) is 35.2 Å². The molecule has 0 aliphatic rings. The lowest BCUT2D eigenvalue weighted by molar-refractivity contribution is 0.411.